The zero-order chi connectivity index (χ0) is 13.1. The maximum atomic E-state index is 13.2. The van der Waals surface area contributed by atoms with Crippen molar-refractivity contribution in [3.63, 3.8) is 0 Å². The number of hydrogen-bond donors (Lipinski definition) is 2. The number of hydrazone groups is 1. The highest BCUT2D eigenvalue weighted by atomic mass is 127. The summed E-state index contributed by atoms with van der Waals surface area (Å²) < 4.78 is 14.8. The molecule has 94 valence electrons. The highest BCUT2D eigenvalue weighted by Gasteiger charge is 2.05. The Kier molecular flexibility index (Phi) is 4.51. The minimum Gasteiger partial charge on any atom is -0.383 e. The van der Waals surface area contributed by atoms with Crippen LogP contribution in [-0.2, 0) is 0 Å². The number of nitrogens with zero attached hydrogens (tertiary/aromatic N) is 2. The second kappa shape index (κ2) is 5.93. The average molecular weight is 441 g/mol. The number of rotatable bonds is 3. The van der Waals surface area contributed by atoms with Crippen molar-refractivity contribution in [3.05, 3.63) is 36.9 Å². The molecule has 0 bridgehead atoms. The van der Waals surface area contributed by atoms with Gasteiger partial charge in [-0.1, -0.05) is 0 Å². The van der Waals surface area contributed by atoms with Crippen LogP contribution in [-0.4, -0.2) is 11.2 Å². The lowest BCUT2D eigenvalue weighted by molar-refractivity contribution is 0.626. The summed E-state index contributed by atoms with van der Waals surface area (Å²) in [6.07, 6.45) is 1.52. The van der Waals surface area contributed by atoms with Crippen LogP contribution in [0.3, 0.4) is 0 Å². The van der Waals surface area contributed by atoms with Gasteiger partial charge in [-0.3, -0.25) is 5.43 Å². The van der Waals surface area contributed by atoms with Crippen molar-refractivity contribution in [3.8, 4) is 0 Å². The Morgan fingerprint density at radius 3 is 3.00 bits per heavy atom. The number of nitrogens with one attached hydrogen (secondary N) is 1. The Balaban J connectivity index is 2.14. The van der Waals surface area contributed by atoms with Gasteiger partial charge in [-0.2, -0.15) is 5.10 Å². The van der Waals surface area contributed by atoms with Crippen LogP contribution in [0, 0.1) is 9.39 Å². The van der Waals surface area contributed by atoms with Gasteiger partial charge in [0.25, 0.3) is 0 Å². The second-order valence-electron chi connectivity index (χ2n) is 3.24. The first-order chi connectivity index (χ1) is 8.56. The van der Waals surface area contributed by atoms with Gasteiger partial charge in [0.15, 0.2) is 0 Å². The van der Waals surface area contributed by atoms with Gasteiger partial charge in [0, 0.05) is 19.0 Å². The molecular weight excluding hydrogens is 434 g/mol. The predicted octanol–water partition coefficient (Wildman–Crippen LogP) is 3.68. The van der Waals surface area contributed by atoms with Gasteiger partial charge in [0.2, 0.25) is 5.13 Å². The minimum absolute atomic E-state index is 0.303. The lowest BCUT2D eigenvalue weighted by Gasteiger charge is -2.01. The molecule has 0 saturated heterocycles. The average Bonchev–Trinajstić information content (AvgIpc) is 2.71. The number of nitrogens with two attached hydrogens (primary N) is 1. The van der Waals surface area contributed by atoms with E-state index >= 15 is 0 Å². The molecule has 0 aliphatic rings. The molecule has 2 rings (SSSR count). The molecule has 4 nitrogen and oxygen atoms in total. The first-order valence-electron chi connectivity index (χ1n) is 4.71. The predicted molar refractivity (Wildman–Crippen MR) is 84.6 cm³/mol. The normalized spacial score (nSPS) is 11.1. The number of anilines is 2. The zero-order valence-corrected chi connectivity index (χ0v) is 13.4. The number of aromatic nitrogens is 1. The van der Waals surface area contributed by atoms with E-state index < -0.39 is 0 Å². The molecule has 1 aromatic heterocycles. The van der Waals surface area contributed by atoms with Crippen LogP contribution < -0.4 is 11.2 Å². The largest absolute Gasteiger partial charge is 0.383 e. The molecule has 0 aliphatic carbocycles. The molecule has 0 atom stereocenters. The van der Waals surface area contributed by atoms with E-state index in [0.717, 1.165) is 8.04 Å². The summed E-state index contributed by atoms with van der Waals surface area (Å²) in [6.45, 7) is 0. The van der Waals surface area contributed by atoms with Gasteiger partial charge in [-0.05, 0) is 50.7 Å². The third-order valence-corrected chi connectivity index (χ3v) is 5.15. The van der Waals surface area contributed by atoms with Crippen molar-refractivity contribution in [1.29, 1.82) is 0 Å². The summed E-state index contributed by atoms with van der Waals surface area (Å²) in [5.41, 5.74) is 8.86. The first kappa shape index (κ1) is 13.7. The van der Waals surface area contributed by atoms with Gasteiger partial charge in [0.05, 0.1) is 6.21 Å². The molecule has 0 amide bonds. The fourth-order valence-corrected chi connectivity index (χ4v) is 2.65. The van der Waals surface area contributed by atoms with Gasteiger partial charge in [0.1, 0.15) is 11.6 Å². The van der Waals surface area contributed by atoms with Crippen LogP contribution in [0.4, 0.5) is 15.3 Å². The van der Waals surface area contributed by atoms with E-state index in [9.17, 15) is 4.39 Å². The van der Waals surface area contributed by atoms with Gasteiger partial charge in [-0.15, -0.1) is 11.3 Å². The van der Waals surface area contributed by atoms with Gasteiger partial charge < -0.3 is 5.73 Å². The minimum atomic E-state index is -0.303. The van der Waals surface area contributed by atoms with E-state index in [1.807, 2.05) is 22.6 Å². The molecule has 0 spiro atoms. The molecule has 1 heterocycles. The summed E-state index contributed by atoms with van der Waals surface area (Å²) in [7, 11) is 0. The molecule has 8 heteroatoms. The number of thiazole rings is 1. The first-order valence-corrected chi connectivity index (χ1v) is 7.46. The van der Waals surface area contributed by atoms with E-state index in [4.69, 9.17) is 5.73 Å². The van der Waals surface area contributed by atoms with E-state index in [1.54, 1.807) is 5.38 Å². The van der Waals surface area contributed by atoms with Crippen molar-refractivity contribution in [2.75, 3.05) is 11.2 Å². The lowest BCUT2D eigenvalue weighted by Crippen LogP contribution is -1.94. The van der Waals surface area contributed by atoms with E-state index in [2.05, 4.69) is 31.4 Å². The molecule has 0 radical (unpaired) electrons. The fraction of sp³-hybridized carbons (Fsp3) is 0. The molecule has 0 saturated carbocycles. The van der Waals surface area contributed by atoms with E-state index in [0.29, 0.717) is 16.5 Å². The molecule has 2 aromatic rings. The topological polar surface area (TPSA) is 63.3 Å². The molecule has 0 fully saturated rings. The summed E-state index contributed by atoms with van der Waals surface area (Å²) in [4.78, 5) is 3.98. The molecule has 3 N–H and O–H groups in total. The van der Waals surface area contributed by atoms with Crippen molar-refractivity contribution >= 4 is 67.0 Å². The Morgan fingerprint density at radius 1 is 1.56 bits per heavy atom. The number of halogens is 3. The van der Waals surface area contributed by atoms with Crippen molar-refractivity contribution in [2.45, 2.75) is 0 Å². The maximum Gasteiger partial charge on any atom is 0.205 e. The molecular formula is C10H7BrFIN4S. The van der Waals surface area contributed by atoms with Crippen LogP contribution in [0.25, 0.3) is 0 Å². The number of benzene rings is 1. The standard InChI is InChI=1S/C10H7BrFIN4S/c11-9-5(1-6(12)2-7(9)13)3-15-17-10-16-8(14)4-18-10/h1-4H,14H2,(H,16,17). The Hall–Kier alpha value is -0.740. The Morgan fingerprint density at radius 2 is 2.33 bits per heavy atom. The maximum absolute atomic E-state index is 13.2. The second-order valence-corrected chi connectivity index (χ2v) is 6.05. The molecule has 0 aliphatic heterocycles. The van der Waals surface area contributed by atoms with Gasteiger partial charge in [-0.25, -0.2) is 9.37 Å². The Bertz CT molecular complexity index is 602. The monoisotopic (exact) mass is 440 g/mol. The van der Waals surface area contributed by atoms with E-state index in [1.165, 1.54) is 29.7 Å². The van der Waals surface area contributed by atoms with Crippen molar-refractivity contribution < 1.29 is 4.39 Å². The quantitative estimate of drug-likeness (QED) is 0.331. The third kappa shape index (κ3) is 3.39. The summed E-state index contributed by atoms with van der Waals surface area (Å²) in [5.74, 6) is 0.140. The zero-order valence-electron chi connectivity index (χ0n) is 8.82. The summed E-state index contributed by atoms with van der Waals surface area (Å²) >= 11 is 6.77. The van der Waals surface area contributed by atoms with Crippen LogP contribution >= 0.6 is 49.9 Å². The van der Waals surface area contributed by atoms with Crippen LogP contribution in [0.15, 0.2) is 27.1 Å². The van der Waals surface area contributed by atoms with E-state index in [-0.39, 0.29) is 5.82 Å². The molecule has 18 heavy (non-hydrogen) atoms. The van der Waals surface area contributed by atoms with Crippen LogP contribution in [0.2, 0.25) is 0 Å². The highest BCUT2D eigenvalue weighted by Crippen LogP contribution is 2.24. The summed E-state index contributed by atoms with van der Waals surface area (Å²) in [6, 6.07) is 2.84. The highest BCUT2D eigenvalue weighted by molar-refractivity contribution is 14.1. The summed E-state index contributed by atoms with van der Waals surface area (Å²) in [5, 5.41) is 6.28. The number of nitrogen functional groups attached to an aromatic ring is 1. The van der Waals surface area contributed by atoms with Crippen molar-refractivity contribution in [1.82, 2.24) is 4.98 Å². The third-order valence-electron chi connectivity index (χ3n) is 1.91. The Labute approximate surface area is 129 Å². The SMILES string of the molecule is Nc1csc(NN=Cc2cc(F)cc(I)c2Br)n1. The lowest BCUT2D eigenvalue weighted by atomic mass is 10.2. The van der Waals surface area contributed by atoms with Crippen LogP contribution in [0.1, 0.15) is 5.56 Å². The fourth-order valence-electron chi connectivity index (χ4n) is 1.16. The smallest absolute Gasteiger partial charge is 0.205 e. The molecule has 0 unspecified atom stereocenters. The van der Waals surface area contributed by atoms with Crippen LogP contribution in [0.5, 0.6) is 0 Å². The molecule has 1 aromatic carbocycles. The number of hydrogen-bond acceptors (Lipinski definition) is 5. The van der Waals surface area contributed by atoms with Gasteiger partial charge >= 0.3 is 0 Å². The van der Waals surface area contributed by atoms with Crippen molar-refractivity contribution in [2.24, 2.45) is 5.10 Å².